The first kappa shape index (κ1) is 32.3. The minimum atomic E-state index is -1.93. The molecule has 1 aromatic heterocycles. The summed E-state index contributed by atoms with van der Waals surface area (Å²) < 4.78 is 17.6. The van der Waals surface area contributed by atoms with E-state index in [9.17, 15) is 29.7 Å². The summed E-state index contributed by atoms with van der Waals surface area (Å²) in [6.45, 7) is -0.845. The van der Waals surface area contributed by atoms with Crippen molar-refractivity contribution in [3.05, 3.63) is 54.6 Å². The Kier molecular flexibility index (Phi) is 12.6. The molecule has 0 saturated carbocycles. The van der Waals surface area contributed by atoms with Crippen LogP contribution in [0.2, 0.25) is 0 Å². The molecule has 16 heteroatoms. The average molecular weight is 630 g/mol. The lowest BCUT2D eigenvalue weighted by molar-refractivity contribution is -0.121. The van der Waals surface area contributed by atoms with Gasteiger partial charge in [-0.25, -0.2) is 5.43 Å². The number of nitrogens with one attached hydrogen (secondary N) is 3. The molecule has 12 nitrogen and oxygen atoms in total. The van der Waals surface area contributed by atoms with Crippen molar-refractivity contribution in [1.29, 1.82) is 0 Å². The second kappa shape index (κ2) is 15.7. The maximum absolute atomic E-state index is 12.9. The summed E-state index contributed by atoms with van der Waals surface area (Å²) >= 11 is 7.64. The summed E-state index contributed by atoms with van der Waals surface area (Å²) in [7, 11) is -0.0844. The third kappa shape index (κ3) is 8.87. The van der Waals surface area contributed by atoms with E-state index in [1.807, 2.05) is 30.3 Å². The van der Waals surface area contributed by atoms with Crippen LogP contribution in [0, 0.1) is 0 Å². The third-order valence-electron chi connectivity index (χ3n) is 5.61. The molecule has 3 rings (SSSR count). The molecule has 40 heavy (non-hydrogen) atoms. The first-order chi connectivity index (χ1) is 19.1. The Balaban J connectivity index is 1.81. The largest absolute Gasteiger partial charge is 0.497 e. The summed E-state index contributed by atoms with van der Waals surface area (Å²) in [5.74, 6) is 0.653. The van der Waals surface area contributed by atoms with Gasteiger partial charge < -0.3 is 35.6 Å². The van der Waals surface area contributed by atoms with Gasteiger partial charge in [0, 0.05) is 28.3 Å². The second-order valence-corrected chi connectivity index (χ2v) is 13.0. The van der Waals surface area contributed by atoms with Crippen LogP contribution in [0.5, 0.6) is 5.75 Å². The van der Waals surface area contributed by atoms with Crippen LogP contribution >= 0.6 is 35.3 Å². The monoisotopic (exact) mass is 629 g/mol. The van der Waals surface area contributed by atoms with E-state index in [0.29, 0.717) is 20.8 Å². The zero-order valence-electron chi connectivity index (χ0n) is 21.4. The Morgan fingerprint density at radius 2 is 1.73 bits per heavy atom. The van der Waals surface area contributed by atoms with Gasteiger partial charge in [-0.3, -0.25) is 9.63 Å². The quantitative estimate of drug-likeness (QED) is 0.0691. The van der Waals surface area contributed by atoms with E-state index >= 15 is 0 Å². The maximum atomic E-state index is 12.9. The van der Waals surface area contributed by atoms with Crippen LogP contribution in [0.1, 0.15) is 0 Å². The van der Waals surface area contributed by atoms with Crippen molar-refractivity contribution >= 4 is 56.9 Å². The van der Waals surface area contributed by atoms with Gasteiger partial charge in [-0.1, -0.05) is 53.4 Å². The Bertz CT molecular complexity index is 1240. The molecule has 0 radical (unpaired) electrons. The highest BCUT2D eigenvalue weighted by molar-refractivity contribution is 8.12. The van der Waals surface area contributed by atoms with Crippen molar-refractivity contribution in [3.63, 3.8) is 0 Å². The van der Waals surface area contributed by atoms with E-state index in [4.69, 9.17) is 17.0 Å². The highest BCUT2D eigenvalue weighted by atomic mass is 32.2. The summed E-state index contributed by atoms with van der Waals surface area (Å²) in [6.07, 6.45) is -5.90. The number of nitrogens with zero attached hydrogens (tertiary/aromatic N) is 2. The number of thiocarbonyl (C=S) groups is 1. The van der Waals surface area contributed by atoms with Crippen LogP contribution in [-0.4, -0.2) is 100 Å². The van der Waals surface area contributed by atoms with Gasteiger partial charge >= 0.3 is 0 Å². The summed E-state index contributed by atoms with van der Waals surface area (Å²) in [5, 5.41) is 63.0. The Morgan fingerprint density at radius 3 is 2.33 bits per heavy atom. The fraction of sp³-hybridized carbons (Fsp3) is 0.375. The molecule has 0 saturated heterocycles. The van der Waals surface area contributed by atoms with E-state index < -0.39 is 52.4 Å². The second-order valence-electron chi connectivity index (χ2n) is 8.42. The smallest absolute Gasteiger partial charge is 0.185 e. The highest BCUT2D eigenvalue weighted by Gasteiger charge is 2.41. The Hall–Kier alpha value is -2.25. The number of anilines is 1. The molecule has 0 amide bonds. The summed E-state index contributed by atoms with van der Waals surface area (Å²) in [6, 6.07) is 15.1. The first-order valence-electron chi connectivity index (χ1n) is 11.8. The number of hydrogen-bond donors (Lipinski definition) is 8. The number of hydrazine groups is 1. The topological polar surface area (TPSA) is 189 Å². The van der Waals surface area contributed by atoms with Gasteiger partial charge in [-0.2, -0.15) is 0 Å². The molecular weight excluding hydrogens is 599 g/mol. The van der Waals surface area contributed by atoms with Crippen molar-refractivity contribution in [1.82, 2.24) is 21.0 Å². The number of ether oxygens (including phenoxy) is 1. The van der Waals surface area contributed by atoms with E-state index in [0.717, 1.165) is 17.3 Å². The number of hydrogen-bond acceptors (Lipinski definition) is 13. The molecule has 0 aliphatic rings. The van der Waals surface area contributed by atoms with Gasteiger partial charge in [0.25, 0.3) is 0 Å². The molecule has 3 unspecified atom stereocenters. The van der Waals surface area contributed by atoms with E-state index in [2.05, 4.69) is 26.4 Å². The molecule has 1 heterocycles. The fourth-order valence-corrected chi connectivity index (χ4v) is 7.25. The number of aromatic nitrogens is 2. The minimum absolute atomic E-state index is 0.0840. The fourth-order valence-electron chi connectivity index (χ4n) is 3.45. The van der Waals surface area contributed by atoms with E-state index in [-0.39, 0.29) is 5.11 Å². The van der Waals surface area contributed by atoms with Crippen molar-refractivity contribution < 1.29 is 34.5 Å². The van der Waals surface area contributed by atoms with Crippen LogP contribution in [-0.2, 0) is 10.8 Å². The lowest BCUT2D eigenvalue weighted by Gasteiger charge is -2.34. The van der Waals surface area contributed by atoms with Crippen LogP contribution < -0.4 is 20.9 Å². The number of methoxy groups -OCH3 is 1. The zero-order chi connectivity index (χ0) is 29.2. The number of rotatable bonds is 14. The first-order valence-corrected chi connectivity index (χ1v) is 15.5. The van der Waals surface area contributed by atoms with Crippen molar-refractivity contribution in [3.8, 4) is 16.3 Å². The van der Waals surface area contributed by atoms with Gasteiger partial charge in [0.15, 0.2) is 9.45 Å². The van der Waals surface area contributed by atoms with Gasteiger partial charge in [0.2, 0.25) is 0 Å². The van der Waals surface area contributed by atoms with Gasteiger partial charge in [-0.15, -0.1) is 10.2 Å². The maximum Gasteiger partial charge on any atom is 0.185 e. The Morgan fingerprint density at radius 1 is 1.05 bits per heavy atom. The lowest BCUT2D eigenvalue weighted by atomic mass is 9.99. The van der Waals surface area contributed by atoms with E-state index in [1.165, 1.54) is 17.6 Å². The molecule has 0 bridgehead atoms. The van der Waals surface area contributed by atoms with Crippen molar-refractivity contribution in [2.24, 2.45) is 0 Å². The molecule has 0 aliphatic heterocycles. The zero-order valence-corrected chi connectivity index (χ0v) is 24.7. The molecule has 218 valence electrons. The minimum Gasteiger partial charge on any atom is -0.497 e. The Labute approximate surface area is 247 Å². The molecular formula is C24H31N5O7S4. The van der Waals surface area contributed by atoms with Crippen LogP contribution in [0.3, 0.4) is 0 Å². The molecule has 7 atom stereocenters. The SMILES string of the molecule is COc1ccc(NC(=S)NNC(C(Sc2nnc(-c3ccccc3)s2)S(C)=O)[C@H](O)[C@@H](O)[C@H](O)[C@H](O)CO)cc1. The van der Waals surface area contributed by atoms with Crippen molar-refractivity contribution in [2.75, 3.05) is 25.3 Å². The highest BCUT2D eigenvalue weighted by Crippen LogP contribution is 2.34. The molecule has 0 aliphatic carbocycles. The van der Waals surface area contributed by atoms with Crippen LogP contribution in [0.25, 0.3) is 10.6 Å². The number of aliphatic hydroxyl groups is 5. The van der Waals surface area contributed by atoms with E-state index in [1.54, 1.807) is 31.4 Å². The molecule has 3 aromatic rings. The molecule has 8 N–H and O–H groups in total. The third-order valence-corrected chi connectivity index (χ3v) is 9.98. The van der Waals surface area contributed by atoms with Gasteiger partial charge in [0.05, 0.1) is 19.8 Å². The van der Waals surface area contributed by atoms with Crippen molar-refractivity contribution in [2.45, 2.75) is 39.4 Å². The summed E-state index contributed by atoms with van der Waals surface area (Å²) in [5.41, 5.74) is 7.00. The number of thioether (sulfide) groups is 1. The van der Waals surface area contributed by atoms with Gasteiger partial charge in [-0.05, 0) is 36.5 Å². The standard InChI is InChI=1S/C24H31N5O7S4/c1-36-15-10-8-14(9-11-15)25-23(37)28-26-17(19(33)20(34)18(32)16(31)12-30)22(40(2)35)39-24-29-27-21(38-24)13-6-4-3-5-7-13/h3-11,16-20,22,26,30-34H,12H2,1-2H3,(H2,25,28,37)/t16-,17?,18-,19+,20+,22?,40?/m1/s1. The summed E-state index contributed by atoms with van der Waals surface area (Å²) in [4.78, 5) is 0. The lowest BCUT2D eigenvalue weighted by Crippen LogP contribution is -2.61. The molecule has 0 fully saturated rings. The predicted molar refractivity (Wildman–Crippen MR) is 159 cm³/mol. The van der Waals surface area contributed by atoms with Crippen LogP contribution in [0.15, 0.2) is 58.9 Å². The normalized spacial score (nSPS) is 16.7. The van der Waals surface area contributed by atoms with Crippen LogP contribution in [0.4, 0.5) is 5.69 Å². The van der Waals surface area contributed by atoms with Gasteiger partial charge in [0.1, 0.15) is 39.8 Å². The number of benzene rings is 2. The number of aliphatic hydroxyl groups excluding tert-OH is 5. The average Bonchev–Trinajstić information content (AvgIpc) is 3.44. The molecule has 2 aromatic carbocycles. The molecule has 0 spiro atoms. The predicted octanol–water partition coefficient (Wildman–Crippen LogP) is 0.306.